The summed E-state index contributed by atoms with van der Waals surface area (Å²) >= 11 is 11.6. The number of nitrogens with one attached hydrogen (secondary N) is 2. The number of hydrogen-bond acceptors (Lipinski definition) is 5. The van der Waals surface area contributed by atoms with E-state index in [-0.39, 0.29) is 0 Å². The van der Waals surface area contributed by atoms with Gasteiger partial charge in [0.05, 0.1) is 13.7 Å². The van der Waals surface area contributed by atoms with Gasteiger partial charge in [-0.05, 0) is 30.3 Å². The van der Waals surface area contributed by atoms with Gasteiger partial charge >= 0.3 is 0 Å². The van der Waals surface area contributed by atoms with Crippen LogP contribution in [0, 0.1) is 4.77 Å². The van der Waals surface area contributed by atoms with Crippen LogP contribution in [0.4, 0.5) is 0 Å². The predicted molar refractivity (Wildman–Crippen MR) is 113 cm³/mol. The van der Waals surface area contributed by atoms with Crippen molar-refractivity contribution in [2.75, 3.05) is 12.5 Å². The lowest BCUT2D eigenvalue weighted by Gasteiger charge is -2.17. The van der Waals surface area contributed by atoms with Crippen molar-refractivity contribution in [2.45, 2.75) is 32.9 Å². The molecule has 3 rings (SSSR count). The monoisotopic (exact) mass is 418 g/mol. The molecule has 0 spiro atoms. The lowest BCUT2D eigenvalue weighted by Crippen LogP contribution is -2.18. The molecule has 8 heteroatoms. The lowest BCUT2D eigenvalue weighted by atomic mass is 10.1. The zero-order chi connectivity index (χ0) is 19.9. The molecule has 0 aliphatic rings. The molecule has 28 heavy (non-hydrogen) atoms. The maximum atomic E-state index is 6.28. The highest BCUT2D eigenvalue weighted by atomic mass is 35.5. The molecular weight excluding hydrogens is 396 g/mol. The highest BCUT2D eigenvalue weighted by Crippen LogP contribution is 2.35. The molecule has 0 saturated carbocycles. The second-order valence-corrected chi connectivity index (χ2v) is 7.06. The van der Waals surface area contributed by atoms with Crippen molar-refractivity contribution in [3.63, 3.8) is 0 Å². The minimum atomic E-state index is 0.429. The fourth-order valence-corrected chi connectivity index (χ4v) is 3.29. The summed E-state index contributed by atoms with van der Waals surface area (Å²) in [5, 5.41) is 7.67. The Labute approximate surface area is 174 Å². The van der Waals surface area contributed by atoms with Crippen LogP contribution in [-0.2, 0) is 19.6 Å². The molecule has 148 valence electrons. The molecule has 0 unspecified atom stereocenters. The van der Waals surface area contributed by atoms with Crippen LogP contribution in [0.1, 0.15) is 30.3 Å². The van der Waals surface area contributed by atoms with Crippen molar-refractivity contribution in [3.8, 4) is 11.5 Å². The molecule has 1 heterocycles. The zero-order valence-corrected chi connectivity index (χ0v) is 17.4. The normalized spacial score (nSPS) is 10.7. The van der Waals surface area contributed by atoms with Crippen molar-refractivity contribution >= 4 is 23.8 Å². The van der Waals surface area contributed by atoms with E-state index in [2.05, 4.69) is 22.5 Å². The fraction of sp³-hybridized carbons (Fsp3) is 0.300. The Morgan fingerprint density at radius 2 is 2.04 bits per heavy atom. The van der Waals surface area contributed by atoms with Gasteiger partial charge in [-0.1, -0.05) is 48.9 Å². The van der Waals surface area contributed by atoms with E-state index in [1.54, 1.807) is 17.9 Å². The van der Waals surface area contributed by atoms with E-state index in [1.165, 1.54) is 0 Å². The summed E-state index contributed by atoms with van der Waals surface area (Å²) in [6, 6.07) is 13.6. The van der Waals surface area contributed by atoms with E-state index in [9.17, 15) is 0 Å². The van der Waals surface area contributed by atoms with Gasteiger partial charge in [0, 0.05) is 23.1 Å². The average molecular weight is 419 g/mol. The van der Waals surface area contributed by atoms with E-state index in [0.717, 1.165) is 29.8 Å². The first-order valence-corrected chi connectivity index (χ1v) is 9.84. The number of aromatic amines is 1. The van der Waals surface area contributed by atoms with E-state index in [1.807, 2.05) is 36.4 Å². The Kier molecular flexibility index (Phi) is 6.95. The van der Waals surface area contributed by atoms with Crippen molar-refractivity contribution < 1.29 is 9.47 Å². The summed E-state index contributed by atoms with van der Waals surface area (Å²) < 4.78 is 13.9. The molecule has 0 aliphatic heterocycles. The second-order valence-electron chi connectivity index (χ2n) is 6.24. The van der Waals surface area contributed by atoms with Crippen molar-refractivity contribution in [2.24, 2.45) is 0 Å². The molecule has 0 atom stereocenters. The molecule has 0 aliphatic carbocycles. The SMILES string of the molecule is CCCc1n[nH]c(=S)n1NCc1cc(Cl)cc(OC)c1OCc1ccccc1. The van der Waals surface area contributed by atoms with Gasteiger partial charge in [0.1, 0.15) is 6.61 Å². The summed E-state index contributed by atoms with van der Waals surface area (Å²) in [7, 11) is 1.60. The van der Waals surface area contributed by atoms with Crippen molar-refractivity contribution in [1.29, 1.82) is 0 Å². The molecule has 1 aromatic heterocycles. The summed E-state index contributed by atoms with van der Waals surface area (Å²) in [6.45, 7) is 2.98. The lowest BCUT2D eigenvalue weighted by molar-refractivity contribution is 0.281. The predicted octanol–water partition coefficient (Wildman–Crippen LogP) is 4.88. The Morgan fingerprint density at radius 3 is 2.75 bits per heavy atom. The number of H-pyrrole nitrogens is 1. The van der Waals surface area contributed by atoms with Crippen molar-refractivity contribution in [3.05, 3.63) is 69.2 Å². The van der Waals surface area contributed by atoms with Crippen LogP contribution in [0.3, 0.4) is 0 Å². The summed E-state index contributed by atoms with van der Waals surface area (Å²) in [4.78, 5) is 0. The highest BCUT2D eigenvalue weighted by molar-refractivity contribution is 7.71. The molecular formula is C20H23ClN4O2S. The van der Waals surface area contributed by atoms with Gasteiger partial charge in [0.2, 0.25) is 4.77 Å². The molecule has 2 aromatic carbocycles. The van der Waals surface area contributed by atoms with E-state index in [0.29, 0.717) is 34.4 Å². The standard InChI is InChI=1S/C20H23ClN4O2S/c1-3-7-18-23-24-20(28)25(18)22-12-15-10-16(21)11-17(26-2)19(15)27-13-14-8-5-4-6-9-14/h4-6,8-11,22H,3,7,12-13H2,1-2H3,(H,24,28). The zero-order valence-electron chi connectivity index (χ0n) is 15.9. The van der Waals surface area contributed by atoms with Crippen LogP contribution in [0.5, 0.6) is 11.5 Å². The van der Waals surface area contributed by atoms with E-state index < -0.39 is 0 Å². The van der Waals surface area contributed by atoms with Gasteiger partial charge in [-0.25, -0.2) is 4.68 Å². The minimum Gasteiger partial charge on any atom is -0.493 e. The quantitative estimate of drug-likeness (QED) is 0.485. The van der Waals surface area contributed by atoms with Crippen LogP contribution in [0.15, 0.2) is 42.5 Å². The van der Waals surface area contributed by atoms with Crippen LogP contribution in [-0.4, -0.2) is 22.0 Å². The third-order valence-electron chi connectivity index (χ3n) is 4.19. The number of aryl methyl sites for hydroxylation is 1. The molecule has 0 radical (unpaired) electrons. The summed E-state index contributed by atoms with van der Waals surface area (Å²) in [6.07, 6.45) is 1.79. The van der Waals surface area contributed by atoms with E-state index >= 15 is 0 Å². The van der Waals surface area contributed by atoms with Crippen LogP contribution in [0.2, 0.25) is 5.02 Å². The Hall–Kier alpha value is -2.51. The fourth-order valence-electron chi connectivity index (χ4n) is 2.85. The van der Waals surface area contributed by atoms with Crippen LogP contribution in [0.25, 0.3) is 0 Å². The third-order valence-corrected chi connectivity index (χ3v) is 4.68. The van der Waals surface area contributed by atoms with Gasteiger partial charge in [0.25, 0.3) is 0 Å². The van der Waals surface area contributed by atoms with Gasteiger partial charge in [-0.15, -0.1) is 0 Å². The van der Waals surface area contributed by atoms with E-state index in [4.69, 9.17) is 33.3 Å². The van der Waals surface area contributed by atoms with Crippen molar-refractivity contribution in [1.82, 2.24) is 14.9 Å². The minimum absolute atomic E-state index is 0.429. The number of rotatable bonds is 9. The third kappa shape index (κ3) is 4.85. The molecule has 0 bridgehead atoms. The molecule has 3 aromatic rings. The maximum absolute atomic E-state index is 6.28. The smallest absolute Gasteiger partial charge is 0.214 e. The van der Waals surface area contributed by atoms with Gasteiger partial charge in [0.15, 0.2) is 17.3 Å². The van der Waals surface area contributed by atoms with Crippen LogP contribution >= 0.6 is 23.8 Å². The number of nitrogens with zero attached hydrogens (tertiary/aromatic N) is 2. The Balaban J connectivity index is 1.84. The first-order chi connectivity index (χ1) is 13.6. The van der Waals surface area contributed by atoms with Crippen LogP contribution < -0.4 is 14.9 Å². The second kappa shape index (κ2) is 9.61. The Bertz CT molecular complexity index is 972. The topological polar surface area (TPSA) is 64.1 Å². The van der Waals surface area contributed by atoms with Gasteiger partial charge in [-0.3, -0.25) is 5.10 Å². The summed E-state index contributed by atoms with van der Waals surface area (Å²) in [5.41, 5.74) is 5.24. The number of aromatic nitrogens is 3. The molecule has 0 saturated heterocycles. The number of halogens is 1. The molecule has 0 amide bonds. The first-order valence-electron chi connectivity index (χ1n) is 9.05. The molecule has 6 nitrogen and oxygen atoms in total. The number of methoxy groups -OCH3 is 1. The maximum Gasteiger partial charge on any atom is 0.214 e. The summed E-state index contributed by atoms with van der Waals surface area (Å²) in [5.74, 6) is 2.09. The van der Waals surface area contributed by atoms with Gasteiger partial charge < -0.3 is 14.9 Å². The Morgan fingerprint density at radius 1 is 1.25 bits per heavy atom. The number of benzene rings is 2. The largest absolute Gasteiger partial charge is 0.493 e. The number of ether oxygens (including phenoxy) is 2. The molecule has 0 fully saturated rings. The average Bonchev–Trinajstić information content (AvgIpc) is 3.05. The number of hydrogen-bond donors (Lipinski definition) is 2. The highest BCUT2D eigenvalue weighted by Gasteiger charge is 2.14. The van der Waals surface area contributed by atoms with Gasteiger partial charge in [-0.2, -0.15) is 5.10 Å². The molecule has 2 N–H and O–H groups in total. The first kappa shape index (κ1) is 20.2.